The smallest absolute Gasteiger partial charge is 0.338 e. The highest BCUT2D eigenvalue weighted by molar-refractivity contribution is 5.99. The van der Waals surface area contributed by atoms with Crippen LogP contribution in [0.15, 0.2) is 48.8 Å². The van der Waals surface area contributed by atoms with Gasteiger partial charge in [0.25, 0.3) is 0 Å². The van der Waals surface area contributed by atoms with E-state index in [-0.39, 0.29) is 12.4 Å². The highest BCUT2D eigenvalue weighted by atomic mass is 16.5. The lowest BCUT2D eigenvalue weighted by Gasteiger charge is -2.06. The molecule has 0 saturated carbocycles. The zero-order chi connectivity index (χ0) is 15.1. The van der Waals surface area contributed by atoms with Gasteiger partial charge in [-0.2, -0.15) is 0 Å². The fourth-order valence-electron chi connectivity index (χ4n) is 1.69. The minimum absolute atomic E-state index is 0.263. The van der Waals surface area contributed by atoms with Crippen molar-refractivity contribution in [1.82, 2.24) is 4.98 Å². The van der Waals surface area contributed by atoms with Gasteiger partial charge in [0, 0.05) is 18.0 Å². The molecule has 0 bridgehead atoms. The van der Waals surface area contributed by atoms with E-state index >= 15 is 0 Å². The number of nitrogens with zero attached hydrogens (tertiary/aromatic N) is 1. The second-order valence-corrected chi connectivity index (χ2v) is 4.19. The maximum atomic E-state index is 11.9. The lowest BCUT2D eigenvalue weighted by Crippen LogP contribution is -2.14. The van der Waals surface area contributed by atoms with Gasteiger partial charge < -0.3 is 9.47 Å². The zero-order valence-corrected chi connectivity index (χ0v) is 11.6. The van der Waals surface area contributed by atoms with Gasteiger partial charge in [-0.15, -0.1) is 0 Å². The van der Waals surface area contributed by atoms with Crippen LogP contribution in [0, 0.1) is 0 Å². The number of benzene rings is 1. The van der Waals surface area contributed by atoms with Crippen LogP contribution in [0.2, 0.25) is 0 Å². The van der Waals surface area contributed by atoms with Gasteiger partial charge in [0.15, 0.2) is 12.4 Å². The van der Waals surface area contributed by atoms with E-state index < -0.39 is 5.97 Å². The first kappa shape index (κ1) is 14.7. The second-order valence-electron chi connectivity index (χ2n) is 4.19. The van der Waals surface area contributed by atoms with Gasteiger partial charge in [0.2, 0.25) is 0 Å². The average Bonchev–Trinajstić information content (AvgIpc) is 2.54. The molecule has 0 aliphatic heterocycles. The van der Waals surface area contributed by atoms with Crippen LogP contribution in [0.4, 0.5) is 0 Å². The van der Waals surface area contributed by atoms with Crippen molar-refractivity contribution >= 4 is 11.8 Å². The number of aromatic nitrogens is 1. The van der Waals surface area contributed by atoms with E-state index in [1.807, 2.05) is 6.92 Å². The maximum absolute atomic E-state index is 11.9. The van der Waals surface area contributed by atoms with E-state index in [1.54, 1.807) is 24.3 Å². The molecule has 0 unspecified atom stereocenters. The van der Waals surface area contributed by atoms with Crippen LogP contribution in [0.5, 0.6) is 5.75 Å². The second kappa shape index (κ2) is 7.19. The summed E-state index contributed by atoms with van der Waals surface area (Å²) in [5, 5.41) is 0. The SMILES string of the molecule is CCOc1ccc(C(=O)COC(=O)c2ccncc2)cc1. The summed E-state index contributed by atoms with van der Waals surface area (Å²) < 4.78 is 10.3. The van der Waals surface area contributed by atoms with Crippen molar-refractivity contribution in [2.75, 3.05) is 13.2 Å². The molecule has 0 radical (unpaired) electrons. The lowest BCUT2D eigenvalue weighted by molar-refractivity contribution is 0.0474. The van der Waals surface area contributed by atoms with Crippen molar-refractivity contribution in [2.24, 2.45) is 0 Å². The summed E-state index contributed by atoms with van der Waals surface area (Å²) in [5.41, 5.74) is 0.838. The van der Waals surface area contributed by atoms with Crippen molar-refractivity contribution in [3.05, 3.63) is 59.9 Å². The summed E-state index contributed by atoms with van der Waals surface area (Å²) in [6.07, 6.45) is 2.98. The summed E-state index contributed by atoms with van der Waals surface area (Å²) in [4.78, 5) is 27.4. The minimum Gasteiger partial charge on any atom is -0.494 e. The van der Waals surface area contributed by atoms with Crippen molar-refractivity contribution in [2.45, 2.75) is 6.92 Å². The summed E-state index contributed by atoms with van der Waals surface area (Å²) in [7, 11) is 0. The number of rotatable bonds is 6. The highest BCUT2D eigenvalue weighted by Crippen LogP contribution is 2.12. The molecule has 1 aromatic carbocycles. The molecule has 0 amide bonds. The number of ether oxygens (including phenoxy) is 2. The van der Waals surface area contributed by atoms with Gasteiger partial charge >= 0.3 is 5.97 Å². The van der Waals surface area contributed by atoms with Crippen molar-refractivity contribution < 1.29 is 19.1 Å². The molecule has 5 nitrogen and oxygen atoms in total. The third kappa shape index (κ3) is 4.14. The normalized spacial score (nSPS) is 9.95. The molecule has 0 fully saturated rings. The molecule has 0 aliphatic carbocycles. The highest BCUT2D eigenvalue weighted by Gasteiger charge is 2.11. The first-order chi connectivity index (χ1) is 10.2. The molecular formula is C16H15NO4. The van der Waals surface area contributed by atoms with Gasteiger partial charge in [-0.05, 0) is 43.3 Å². The Morgan fingerprint density at radius 2 is 1.67 bits per heavy atom. The van der Waals surface area contributed by atoms with E-state index in [1.165, 1.54) is 24.5 Å². The Morgan fingerprint density at radius 3 is 2.29 bits per heavy atom. The number of carbonyl (C=O) groups is 2. The fraction of sp³-hybridized carbons (Fsp3) is 0.188. The van der Waals surface area contributed by atoms with Gasteiger partial charge in [-0.25, -0.2) is 4.79 Å². The number of esters is 1. The van der Waals surface area contributed by atoms with Crippen LogP contribution >= 0.6 is 0 Å². The first-order valence-corrected chi connectivity index (χ1v) is 6.54. The molecule has 0 atom stereocenters. The lowest BCUT2D eigenvalue weighted by atomic mass is 10.1. The minimum atomic E-state index is -0.545. The molecule has 21 heavy (non-hydrogen) atoms. The molecule has 0 saturated heterocycles. The number of ketones is 1. The van der Waals surface area contributed by atoms with E-state index in [0.29, 0.717) is 23.5 Å². The van der Waals surface area contributed by atoms with E-state index in [4.69, 9.17) is 9.47 Å². The molecule has 0 N–H and O–H groups in total. The maximum Gasteiger partial charge on any atom is 0.338 e. The zero-order valence-electron chi connectivity index (χ0n) is 11.6. The Morgan fingerprint density at radius 1 is 1.00 bits per heavy atom. The van der Waals surface area contributed by atoms with Crippen LogP contribution in [-0.4, -0.2) is 30.0 Å². The summed E-state index contributed by atoms with van der Waals surface area (Å²) in [6.45, 7) is 2.16. The van der Waals surface area contributed by atoms with Crippen LogP contribution in [0.25, 0.3) is 0 Å². The Labute approximate surface area is 122 Å². The van der Waals surface area contributed by atoms with E-state index in [9.17, 15) is 9.59 Å². The standard InChI is InChI=1S/C16H15NO4/c1-2-20-14-5-3-12(4-6-14)15(18)11-21-16(19)13-7-9-17-10-8-13/h3-10H,2,11H2,1H3. The van der Waals surface area contributed by atoms with E-state index in [0.717, 1.165) is 0 Å². The molecule has 0 spiro atoms. The fourth-order valence-corrected chi connectivity index (χ4v) is 1.69. The Bertz CT molecular complexity index is 608. The molecule has 2 aromatic rings. The van der Waals surface area contributed by atoms with Gasteiger partial charge in [-0.1, -0.05) is 0 Å². The Balaban J connectivity index is 1.91. The summed E-state index contributed by atoms with van der Waals surface area (Å²) >= 11 is 0. The van der Waals surface area contributed by atoms with Crippen LogP contribution < -0.4 is 4.74 Å². The summed E-state index contributed by atoms with van der Waals surface area (Å²) in [6, 6.07) is 9.78. The molecule has 5 heteroatoms. The quantitative estimate of drug-likeness (QED) is 0.602. The summed E-state index contributed by atoms with van der Waals surface area (Å²) in [5.74, 6) is -0.111. The largest absolute Gasteiger partial charge is 0.494 e. The monoisotopic (exact) mass is 285 g/mol. The number of hydrogen-bond acceptors (Lipinski definition) is 5. The van der Waals surface area contributed by atoms with Crippen LogP contribution in [0.1, 0.15) is 27.6 Å². The third-order valence-electron chi connectivity index (χ3n) is 2.74. The third-order valence-corrected chi connectivity index (χ3v) is 2.74. The predicted molar refractivity (Wildman–Crippen MR) is 76.5 cm³/mol. The van der Waals surface area contributed by atoms with Crippen molar-refractivity contribution in [3.63, 3.8) is 0 Å². The molecule has 1 aromatic heterocycles. The molecule has 0 aliphatic rings. The van der Waals surface area contributed by atoms with Crippen LogP contribution in [-0.2, 0) is 4.74 Å². The van der Waals surface area contributed by atoms with Crippen LogP contribution in [0.3, 0.4) is 0 Å². The predicted octanol–water partition coefficient (Wildman–Crippen LogP) is 2.52. The number of hydrogen-bond donors (Lipinski definition) is 0. The molecule has 2 rings (SSSR count). The van der Waals surface area contributed by atoms with Gasteiger partial charge in [0.1, 0.15) is 5.75 Å². The topological polar surface area (TPSA) is 65.5 Å². The Hall–Kier alpha value is -2.69. The number of Topliss-reactive ketones (excluding diaryl/α,β-unsaturated/α-hetero) is 1. The molecular weight excluding hydrogens is 270 g/mol. The van der Waals surface area contributed by atoms with E-state index in [2.05, 4.69) is 4.98 Å². The van der Waals surface area contributed by atoms with Gasteiger partial charge in [0.05, 0.1) is 12.2 Å². The Kier molecular flexibility index (Phi) is 5.04. The van der Waals surface area contributed by atoms with Crippen molar-refractivity contribution in [3.8, 4) is 5.75 Å². The van der Waals surface area contributed by atoms with Gasteiger partial charge in [-0.3, -0.25) is 9.78 Å². The number of pyridine rings is 1. The average molecular weight is 285 g/mol. The number of carbonyl (C=O) groups excluding carboxylic acids is 2. The molecule has 1 heterocycles. The first-order valence-electron chi connectivity index (χ1n) is 6.54. The van der Waals surface area contributed by atoms with Crippen molar-refractivity contribution in [1.29, 1.82) is 0 Å². The molecule has 108 valence electrons.